The van der Waals surface area contributed by atoms with Crippen LogP contribution in [-0.2, 0) is 6.42 Å². The molecule has 1 saturated carbocycles. The summed E-state index contributed by atoms with van der Waals surface area (Å²) >= 11 is 2.03. The van der Waals surface area contributed by atoms with Crippen molar-refractivity contribution in [2.75, 3.05) is 6.54 Å². The third kappa shape index (κ3) is 2.37. The molecule has 0 aromatic carbocycles. The molecular weight excluding hydrogens is 238 g/mol. The highest BCUT2D eigenvalue weighted by molar-refractivity contribution is 7.12. The first-order valence-corrected chi connectivity index (χ1v) is 8.29. The summed E-state index contributed by atoms with van der Waals surface area (Å²) in [6, 6.07) is 5.42. The van der Waals surface area contributed by atoms with E-state index in [0.717, 1.165) is 18.5 Å². The Kier molecular flexibility index (Phi) is 4.50. The largest absolute Gasteiger partial charge is 0.313 e. The lowest BCUT2D eigenvalue weighted by Crippen LogP contribution is -2.56. The van der Waals surface area contributed by atoms with E-state index in [1.165, 1.54) is 30.6 Å². The molecule has 0 aliphatic heterocycles. The lowest BCUT2D eigenvalue weighted by molar-refractivity contribution is 0.0465. The van der Waals surface area contributed by atoms with Crippen LogP contribution in [0.5, 0.6) is 0 Å². The molecule has 1 aromatic rings. The van der Waals surface area contributed by atoms with Gasteiger partial charge in [-0.1, -0.05) is 27.7 Å². The molecule has 2 rings (SSSR count). The minimum absolute atomic E-state index is 0.463. The quantitative estimate of drug-likeness (QED) is 0.793. The van der Waals surface area contributed by atoms with E-state index in [4.69, 9.17) is 0 Å². The summed E-state index contributed by atoms with van der Waals surface area (Å²) in [7, 11) is 0. The van der Waals surface area contributed by atoms with Gasteiger partial charge in [-0.25, -0.2) is 0 Å². The zero-order valence-electron chi connectivity index (χ0n) is 12.3. The number of aryl methyl sites for hydroxylation is 1. The van der Waals surface area contributed by atoms with E-state index in [9.17, 15) is 0 Å². The van der Waals surface area contributed by atoms with Gasteiger partial charge in [-0.2, -0.15) is 0 Å². The first kappa shape index (κ1) is 14.1. The third-order valence-electron chi connectivity index (χ3n) is 4.84. The molecule has 18 heavy (non-hydrogen) atoms. The number of thiophene rings is 1. The van der Waals surface area contributed by atoms with E-state index in [-0.39, 0.29) is 0 Å². The van der Waals surface area contributed by atoms with Crippen LogP contribution in [0, 0.1) is 5.41 Å². The summed E-state index contributed by atoms with van der Waals surface area (Å²) in [5.41, 5.74) is 0.463. The molecule has 1 heterocycles. The smallest absolute Gasteiger partial charge is 0.0133 e. The maximum Gasteiger partial charge on any atom is 0.0133 e. The number of nitrogens with one attached hydrogen (secondary N) is 1. The first-order chi connectivity index (χ1) is 8.65. The Morgan fingerprint density at radius 2 is 2.11 bits per heavy atom. The maximum atomic E-state index is 3.74. The van der Waals surface area contributed by atoms with E-state index in [1.807, 2.05) is 11.3 Å². The summed E-state index contributed by atoms with van der Waals surface area (Å²) in [5, 5.41) is 3.74. The van der Waals surface area contributed by atoms with Crippen LogP contribution in [0.15, 0.2) is 12.1 Å². The normalized spacial score (nSPS) is 31.3. The molecule has 0 saturated heterocycles. The molecule has 1 aliphatic rings. The molecule has 1 aromatic heterocycles. The topological polar surface area (TPSA) is 12.0 Å². The highest BCUT2D eigenvalue weighted by atomic mass is 32.1. The zero-order valence-corrected chi connectivity index (χ0v) is 13.1. The van der Waals surface area contributed by atoms with Crippen molar-refractivity contribution in [2.45, 2.75) is 65.3 Å². The van der Waals surface area contributed by atoms with E-state index in [1.54, 1.807) is 4.88 Å². The van der Waals surface area contributed by atoms with Crippen molar-refractivity contribution in [3.05, 3.63) is 21.9 Å². The molecule has 0 spiro atoms. The van der Waals surface area contributed by atoms with E-state index in [2.05, 4.69) is 45.1 Å². The van der Waals surface area contributed by atoms with Crippen LogP contribution < -0.4 is 5.32 Å². The van der Waals surface area contributed by atoms with Gasteiger partial charge >= 0.3 is 0 Å². The molecule has 2 heteroatoms. The molecule has 0 bridgehead atoms. The van der Waals surface area contributed by atoms with Crippen LogP contribution in [-0.4, -0.2) is 12.6 Å². The van der Waals surface area contributed by atoms with Gasteiger partial charge < -0.3 is 5.32 Å². The van der Waals surface area contributed by atoms with Crippen LogP contribution >= 0.6 is 11.3 Å². The van der Waals surface area contributed by atoms with Gasteiger partial charge in [0.15, 0.2) is 0 Å². The predicted octanol–water partition coefficient (Wildman–Crippen LogP) is 4.58. The Balaban J connectivity index is 2.07. The monoisotopic (exact) mass is 265 g/mol. The van der Waals surface area contributed by atoms with Crippen molar-refractivity contribution in [3.8, 4) is 0 Å². The second-order valence-corrected chi connectivity index (χ2v) is 7.01. The molecule has 0 radical (unpaired) electrons. The summed E-state index contributed by atoms with van der Waals surface area (Å²) in [4.78, 5) is 3.15. The summed E-state index contributed by atoms with van der Waals surface area (Å²) in [6.07, 6.45) is 5.02. The fourth-order valence-electron chi connectivity index (χ4n) is 3.20. The van der Waals surface area contributed by atoms with Gasteiger partial charge in [0.2, 0.25) is 0 Å². The van der Waals surface area contributed by atoms with Crippen molar-refractivity contribution in [1.29, 1.82) is 0 Å². The highest BCUT2D eigenvalue weighted by Crippen LogP contribution is 2.56. The minimum atomic E-state index is 0.463. The van der Waals surface area contributed by atoms with Crippen LogP contribution in [0.4, 0.5) is 0 Å². The average Bonchev–Trinajstić information content (AvgIpc) is 2.85. The van der Waals surface area contributed by atoms with E-state index < -0.39 is 0 Å². The molecule has 1 aliphatic carbocycles. The van der Waals surface area contributed by atoms with Crippen molar-refractivity contribution < 1.29 is 0 Å². The fraction of sp³-hybridized carbons (Fsp3) is 0.750. The standard InChI is InChI=1S/C16H27NS/c1-5-10-17-15-11-13(16(15,4)7-3)14-9-8-12(6-2)18-14/h8-9,13,15,17H,5-7,10-11H2,1-4H3. The van der Waals surface area contributed by atoms with Gasteiger partial charge in [0.05, 0.1) is 0 Å². The molecular formula is C16H27NS. The maximum absolute atomic E-state index is 3.74. The summed E-state index contributed by atoms with van der Waals surface area (Å²) in [5.74, 6) is 0.780. The van der Waals surface area contributed by atoms with Crippen LogP contribution in [0.25, 0.3) is 0 Å². The van der Waals surface area contributed by atoms with Crippen LogP contribution in [0.3, 0.4) is 0 Å². The Hall–Kier alpha value is -0.340. The van der Waals surface area contributed by atoms with Crippen LogP contribution in [0.1, 0.15) is 62.6 Å². The highest BCUT2D eigenvalue weighted by Gasteiger charge is 2.50. The number of hydrogen-bond donors (Lipinski definition) is 1. The van der Waals surface area contributed by atoms with Crippen molar-refractivity contribution in [1.82, 2.24) is 5.32 Å². The Bertz CT molecular complexity index is 384. The lowest BCUT2D eigenvalue weighted by Gasteiger charge is -2.54. The molecule has 0 amide bonds. The summed E-state index contributed by atoms with van der Waals surface area (Å²) in [6.45, 7) is 10.5. The number of rotatable bonds is 6. The van der Waals surface area contributed by atoms with Gasteiger partial charge in [0.25, 0.3) is 0 Å². The molecule has 102 valence electrons. The molecule has 3 atom stereocenters. The van der Waals surface area contributed by atoms with E-state index in [0.29, 0.717) is 5.41 Å². The third-order valence-corrected chi connectivity index (χ3v) is 6.18. The van der Waals surface area contributed by atoms with Gasteiger partial charge in [-0.3, -0.25) is 0 Å². The predicted molar refractivity (Wildman–Crippen MR) is 81.5 cm³/mol. The van der Waals surface area contributed by atoms with Crippen LogP contribution in [0.2, 0.25) is 0 Å². The Morgan fingerprint density at radius 1 is 1.33 bits per heavy atom. The first-order valence-electron chi connectivity index (χ1n) is 7.47. The minimum Gasteiger partial charge on any atom is -0.313 e. The second-order valence-electron chi connectivity index (χ2n) is 5.81. The average molecular weight is 265 g/mol. The van der Waals surface area contributed by atoms with Gasteiger partial charge in [-0.05, 0) is 49.8 Å². The van der Waals surface area contributed by atoms with Crippen molar-refractivity contribution in [3.63, 3.8) is 0 Å². The molecule has 3 unspecified atom stereocenters. The van der Waals surface area contributed by atoms with Gasteiger partial charge in [0.1, 0.15) is 0 Å². The Labute approximate surface area is 116 Å². The van der Waals surface area contributed by atoms with Gasteiger partial charge in [-0.15, -0.1) is 11.3 Å². The van der Waals surface area contributed by atoms with Gasteiger partial charge in [0, 0.05) is 21.7 Å². The number of hydrogen-bond acceptors (Lipinski definition) is 2. The zero-order chi connectivity index (χ0) is 13.2. The molecule has 1 fully saturated rings. The lowest BCUT2D eigenvalue weighted by atomic mass is 9.55. The Morgan fingerprint density at radius 3 is 2.67 bits per heavy atom. The van der Waals surface area contributed by atoms with Crippen molar-refractivity contribution >= 4 is 11.3 Å². The second kappa shape index (κ2) is 5.75. The van der Waals surface area contributed by atoms with Crippen molar-refractivity contribution in [2.24, 2.45) is 5.41 Å². The molecule has 1 N–H and O–H groups in total. The summed E-state index contributed by atoms with van der Waals surface area (Å²) < 4.78 is 0. The fourth-order valence-corrected chi connectivity index (χ4v) is 4.42. The SMILES string of the molecule is CCCNC1CC(c2ccc(CC)s2)C1(C)CC. The molecule has 1 nitrogen and oxygen atoms in total. The van der Waals surface area contributed by atoms with E-state index >= 15 is 0 Å².